The minimum absolute atomic E-state index is 0.961. The van der Waals surface area contributed by atoms with E-state index in [1.165, 1.54) is 0 Å². The lowest BCUT2D eigenvalue weighted by Crippen LogP contribution is -1.91. The van der Waals surface area contributed by atoms with Gasteiger partial charge in [0, 0.05) is 13.2 Å². The van der Waals surface area contributed by atoms with Gasteiger partial charge >= 0.3 is 0 Å². The average molecular weight is 227 g/mol. The molecule has 0 atom stereocenters. The minimum atomic E-state index is 0.961. The highest BCUT2D eigenvalue weighted by atomic mass is 79.9. The first-order valence-corrected chi connectivity index (χ1v) is 4.24. The second-order valence-corrected chi connectivity index (χ2v) is 3.39. The van der Waals surface area contributed by atoms with E-state index < -0.39 is 0 Å². The first-order chi connectivity index (χ1) is 5.75. The maximum atomic E-state index is 4.12. The molecule has 2 heterocycles. The molecule has 2 aromatic heterocycles. The topological polar surface area (TPSA) is 35.6 Å². The van der Waals surface area contributed by atoms with Gasteiger partial charge in [0.2, 0.25) is 0 Å². The molecule has 2 aromatic rings. The van der Waals surface area contributed by atoms with Crippen LogP contribution in [-0.2, 0) is 7.05 Å². The van der Waals surface area contributed by atoms with Gasteiger partial charge in [-0.1, -0.05) is 0 Å². The summed E-state index contributed by atoms with van der Waals surface area (Å²) in [4.78, 5) is 0. The van der Waals surface area contributed by atoms with Gasteiger partial charge in [-0.2, -0.15) is 10.2 Å². The Labute approximate surface area is 77.9 Å². The smallest absolute Gasteiger partial charge is 0.102 e. The zero-order valence-corrected chi connectivity index (χ0v) is 8.06. The van der Waals surface area contributed by atoms with Gasteiger partial charge in [0.15, 0.2) is 0 Å². The van der Waals surface area contributed by atoms with E-state index >= 15 is 0 Å². The minimum Gasteiger partial charge on any atom is -0.274 e. The number of nitrogens with zero attached hydrogens (tertiary/aromatic N) is 4. The van der Waals surface area contributed by atoms with Crippen molar-refractivity contribution in [1.29, 1.82) is 0 Å². The third-order valence-electron chi connectivity index (χ3n) is 1.51. The summed E-state index contributed by atoms with van der Waals surface area (Å²) in [6.45, 7) is 0. The van der Waals surface area contributed by atoms with Crippen LogP contribution in [-0.4, -0.2) is 19.6 Å². The van der Waals surface area contributed by atoms with Gasteiger partial charge in [0.1, 0.15) is 5.69 Å². The molecular formula is C7H7BrN4. The summed E-state index contributed by atoms with van der Waals surface area (Å²) in [6.07, 6.45) is 7.29. The summed E-state index contributed by atoms with van der Waals surface area (Å²) >= 11 is 3.33. The Morgan fingerprint density at radius 2 is 2.08 bits per heavy atom. The van der Waals surface area contributed by atoms with Crippen LogP contribution in [0.15, 0.2) is 29.3 Å². The molecule has 12 heavy (non-hydrogen) atoms. The lowest BCUT2D eigenvalue weighted by Gasteiger charge is -1.92. The molecule has 62 valence electrons. The molecule has 0 saturated heterocycles. The molecule has 0 bridgehead atoms. The summed E-state index contributed by atoms with van der Waals surface area (Å²) in [5.74, 6) is 0. The Morgan fingerprint density at radius 3 is 2.58 bits per heavy atom. The lowest BCUT2D eigenvalue weighted by atomic mass is 10.6. The predicted molar refractivity (Wildman–Crippen MR) is 48.0 cm³/mol. The van der Waals surface area contributed by atoms with Crippen LogP contribution in [0.4, 0.5) is 0 Å². The maximum absolute atomic E-state index is 4.12. The van der Waals surface area contributed by atoms with Crippen LogP contribution in [0.25, 0.3) is 5.69 Å². The van der Waals surface area contributed by atoms with Gasteiger partial charge in [-0.05, 0) is 15.9 Å². The third-order valence-corrected chi connectivity index (χ3v) is 1.92. The van der Waals surface area contributed by atoms with E-state index in [1.807, 2.05) is 19.4 Å². The molecule has 0 unspecified atom stereocenters. The molecule has 0 aliphatic carbocycles. The molecule has 0 radical (unpaired) electrons. The van der Waals surface area contributed by atoms with E-state index in [1.54, 1.807) is 21.8 Å². The van der Waals surface area contributed by atoms with Crippen molar-refractivity contribution < 1.29 is 0 Å². The van der Waals surface area contributed by atoms with Crippen LogP contribution < -0.4 is 0 Å². The molecule has 0 spiro atoms. The standard InChI is InChI=1S/C7H7BrN4/c1-11-5-7(3-9-11)12-4-6(8)2-10-12/h2-5H,1H3. The van der Waals surface area contributed by atoms with Crippen molar-refractivity contribution in [2.45, 2.75) is 0 Å². The van der Waals surface area contributed by atoms with Crippen molar-refractivity contribution in [3.63, 3.8) is 0 Å². The van der Waals surface area contributed by atoms with E-state index in [4.69, 9.17) is 0 Å². The molecular weight excluding hydrogens is 220 g/mol. The molecule has 4 nitrogen and oxygen atoms in total. The van der Waals surface area contributed by atoms with E-state index in [0.29, 0.717) is 0 Å². The molecule has 0 aromatic carbocycles. The summed E-state index contributed by atoms with van der Waals surface area (Å²) in [7, 11) is 1.88. The average Bonchev–Trinajstić information content (AvgIpc) is 2.58. The molecule has 0 N–H and O–H groups in total. The number of halogens is 1. The zero-order valence-electron chi connectivity index (χ0n) is 6.48. The number of hydrogen-bond acceptors (Lipinski definition) is 2. The Balaban J connectivity index is 2.43. The Morgan fingerprint density at radius 1 is 1.25 bits per heavy atom. The van der Waals surface area contributed by atoms with Crippen LogP contribution in [0.5, 0.6) is 0 Å². The van der Waals surface area contributed by atoms with Gasteiger partial charge in [-0.3, -0.25) is 4.68 Å². The fourth-order valence-electron chi connectivity index (χ4n) is 0.969. The molecule has 2 rings (SSSR count). The van der Waals surface area contributed by atoms with Crippen LogP contribution in [0.3, 0.4) is 0 Å². The van der Waals surface area contributed by atoms with E-state index in [-0.39, 0.29) is 0 Å². The molecule has 5 heteroatoms. The normalized spacial score (nSPS) is 10.5. The summed E-state index contributed by atoms with van der Waals surface area (Å²) in [6, 6.07) is 0. The number of aromatic nitrogens is 4. The van der Waals surface area contributed by atoms with Crippen molar-refractivity contribution >= 4 is 15.9 Å². The first-order valence-electron chi connectivity index (χ1n) is 3.45. The number of hydrogen-bond donors (Lipinski definition) is 0. The molecule has 0 aliphatic rings. The first kappa shape index (κ1) is 7.54. The van der Waals surface area contributed by atoms with Gasteiger partial charge in [-0.25, -0.2) is 4.68 Å². The summed E-state index contributed by atoms with van der Waals surface area (Å²) in [5, 5.41) is 8.16. The van der Waals surface area contributed by atoms with Gasteiger partial charge in [0.25, 0.3) is 0 Å². The van der Waals surface area contributed by atoms with Crippen molar-refractivity contribution in [3.8, 4) is 5.69 Å². The van der Waals surface area contributed by atoms with Gasteiger partial charge in [-0.15, -0.1) is 0 Å². The fraction of sp³-hybridized carbons (Fsp3) is 0.143. The van der Waals surface area contributed by atoms with Crippen LogP contribution in [0.1, 0.15) is 0 Å². The van der Waals surface area contributed by atoms with Crippen LogP contribution in [0, 0.1) is 0 Å². The molecule has 0 saturated carbocycles. The van der Waals surface area contributed by atoms with Crippen LogP contribution in [0.2, 0.25) is 0 Å². The zero-order chi connectivity index (χ0) is 8.55. The fourth-order valence-corrected chi connectivity index (χ4v) is 1.25. The molecule has 0 fully saturated rings. The Kier molecular flexibility index (Phi) is 1.73. The SMILES string of the molecule is Cn1cc(-n2cc(Br)cn2)cn1. The number of aryl methyl sites for hydroxylation is 1. The quantitative estimate of drug-likeness (QED) is 0.737. The second-order valence-electron chi connectivity index (χ2n) is 2.48. The molecule has 0 aliphatic heterocycles. The van der Waals surface area contributed by atoms with Crippen molar-refractivity contribution in [2.75, 3.05) is 0 Å². The summed E-state index contributed by atoms with van der Waals surface area (Å²) < 4.78 is 4.47. The predicted octanol–water partition coefficient (Wildman–Crippen LogP) is 1.37. The largest absolute Gasteiger partial charge is 0.274 e. The van der Waals surface area contributed by atoms with Crippen molar-refractivity contribution in [3.05, 3.63) is 29.3 Å². The lowest BCUT2D eigenvalue weighted by molar-refractivity contribution is 0.766. The highest BCUT2D eigenvalue weighted by Gasteiger charge is 1.99. The molecule has 0 amide bonds. The number of rotatable bonds is 1. The highest BCUT2D eigenvalue weighted by Crippen LogP contribution is 2.10. The highest BCUT2D eigenvalue weighted by molar-refractivity contribution is 9.10. The monoisotopic (exact) mass is 226 g/mol. The van der Waals surface area contributed by atoms with Crippen molar-refractivity contribution in [1.82, 2.24) is 19.6 Å². The second kappa shape index (κ2) is 2.75. The van der Waals surface area contributed by atoms with Gasteiger partial charge in [0.05, 0.1) is 23.1 Å². The maximum Gasteiger partial charge on any atom is 0.102 e. The Hall–Kier alpha value is -1.10. The van der Waals surface area contributed by atoms with E-state index in [9.17, 15) is 0 Å². The van der Waals surface area contributed by atoms with E-state index in [0.717, 1.165) is 10.2 Å². The Bertz CT molecular complexity index is 351. The van der Waals surface area contributed by atoms with Gasteiger partial charge < -0.3 is 0 Å². The van der Waals surface area contributed by atoms with Crippen molar-refractivity contribution in [2.24, 2.45) is 7.05 Å². The summed E-state index contributed by atoms with van der Waals surface area (Å²) in [5.41, 5.74) is 0.961. The third kappa shape index (κ3) is 1.27. The van der Waals surface area contributed by atoms with Crippen LogP contribution >= 0.6 is 15.9 Å². The van der Waals surface area contributed by atoms with E-state index in [2.05, 4.69) is 26.1 Å².